The summed E-state index contributed by atoms with van der Waals surface area (Å²) in [6.07, 6.45) is 2.35. The van der Waals surface area contributed by atoms with Crippen LogP contribution in [-0.2, 0) is 4.74 Å². The molecule has 0 saturated heterocycles. The zero-order chi connectivity index (χ0) is 17.6. The lowest BCUT2D eigenvalue weighted by Gasteiger charge is -2.19. The smallest absolute Gasteiger partial charge is 0.407 e. The summed E-state index contributed by atoms with van der Waals surface area (Å²) in [5.41, 5.74) is 10.5. The number of alkyl carbamates (subject to hydrolysis) is 1. The molecule has 1 aliphatic carbocycles. The Morgan fingerprint density at radius 1 is 1.08 bits per heavy atom. The van der Waals surface area contributed by atoms with Crippen molar-refractivity contribution >= 4 is 6.09 Å². The van der Waals surface area contributed by atoms with Crippen molar-refractivity contribution in [3.05, 3.63) is 59.7 Å². The van der Waals surface area contributed by atoms with E-state index in [9.17, 15) is 4.79 Å². The minimum Gasteiger partial charge on any atom is -0.449 e. The SMILES string of the molecule is CCC[C@@H](CCN)NC(=O)OCC1c2ccccc2-c2ccccc21. The highest BCUT2D eigenvalue weighted by atomic mass is 16.5. The predicted octanol–water partition coefficient (Wildman–Crippen LogP) is 4.04. The van der Waals surface area contributed by atoms with Gasteiger partial charge in [0.05, 0.1) is 0 Å². The Hall–Kier alpha value is -2.33. The molecule has 25 heavy (non-hydrogen) atoms. The average molecular weight is 338 g/mol. The van der Waals surface area contributed by atoms with Crippen LogP contribution in [0.3, 0.4) is 0 Å². The second-order valence-electron chi connectivity index (χ2n) is 6.53. The van der Waals surface area contributed by atoms with E-state index >= 15 is 0 Å². The van der Waals surface area contributed by atoms with Gasteiger partial charge in [-0.05, 0) is 41.6 Å². The van der Waals surface area contributed by atoms with Gasteiger partial charge in [-0.1, -0.05) is 61.9 Å². The van der Waals surface area contributed by atoms with Gasteiger partial charge in [0, 0.05) is 12.0 Å². The Labute approximate surface area is 149 Å². The Kier molecular flexibility index (Phi) is 5.71. The van der Waals surface area contributed by atoms with Crippen LogP contribution in [-0.4, -0.2) is 25.3 Å². The van der Waals surface area contributed by atoms with Crippen LogP contribution in [0.5, 0.6) is 0 Å². The standard InChI is InChI=1S/C21H26N2O2/c1-2-7-15(12-13-22)23-21(24)25-14-20-18-10-5-3-8-16(18)17-9-4-6-11-19(17)20/h3-6,8-11,15,20H,2,7,12-14,22H2,1H3,(H,23,24)/t15-/m0/s1. The third kappa shape index (κ3) is 3.85. The van der Waals surface area contributed by atoms with Gasteiger partial charge in [0.2, 0.25) is 0 Å². The minimum atomic E-state index is -0.353. The molecule has 0 fully saturated rings. The first-order valence-corrected chi connectivity index (χ1v) is 9.06. The molecule has 4 nitrogen and oxygen atoms in total. The lowest BCUT2D eigenvalue weighted by atomic mass is 9.98. The Balaban J connectivity index is 1.68. The highest BCUT2D eigenvalue weighted by Gasteiger charge is 2.29. The van der Waals surface area contributed by atoms with Gasteiger partial charge in [-0.3, -0.25) is 0 Å². The zero-order valence-electron chi connectivity index (χ0n) is 14.7. The minimum absolute atomic E-state index is 0.0886. The lowest BCUT2D eigenvalue weighted by molar-refractivity contribution is 0.138. The van der Waals surface area contributed by atoms with Gasteiger partial charge < -0.3 is 15.8 Å². The molecule has 0 spiro atoms. The fraction of sp³-hybridized carbons (Fsp3) is 0.381. The van der Waals surface area contributed by atoms with Crippen molar-refractivity contribution < 1.29 is 9.53 Å². The van der Waals surface area contributed by atoms with E-state index in [1.165, 1.54) is 22.3 Å². The van der Waals surface area contributed by atoms with Crippen molar-refractivity contribution in [1.29, 1.82) is 0 Å². The summed E-state index contributed by atoms with van der Waals surface area (Å²) in [7, 11) is 0. The summed E-state index contributed by atoms with van der Waals surface area (Å²) < 4.78 is 5.57. The van der Waals surface area contributed by atoms with Gasteiger partial charge in [0.25, 0.3) is 0 Å². The highest BCUT2D eigenvalue weighted by Crippen LogP contribution is 2.44. The molecule has 1 aliphatic rings. The van der Waals surface area contributed by atoms with E-state index in [0.717, 1.165) is 19.3 Å². The largest absolute Gasteiger partial charge is 0.449 e. The molecular weight excluding hydrogens is 312 g/mol. The molecule has 1 atom stereocenters. The van der Waals surface area contributed by atoms with E-state index in [1.807, 2.05) is 24.3 Å². The van der Waals surface area contributed by atoms with E-state index in [2.05, 4.69) is 36.5 Å². The van der Waals surface area contributed by atoms with E-state index in [0.29, 0.717) is 13.2 Å². The molecule has 0 aromatic heterocycles. The third-order valence-electron chi connectivity index (χ3n) is 4.82. The summed E-state index contributed by atoms with van der Waals surface area (Å²) >= 11 is 0. The van der Waals surface area contributed by atoms with Crippen molar-refractivity contribution in [2.24, 2.45) is 5.73 Å². The Morgan fingerprint density at radius 3 is 2.24 bits per heavy atom. The number of ether oxygens (including phenoxy) is 1. The van der Waals surface area contributed by atoms with Crippen molar-refractivity contribution in [3.63, 3.8) is 0 Å². The monoisotopic (exact) mass is 338 g/mol. The van der Waals surface area contributed by atoms with Gasteiger partial charge in [0.1, 0.15) is 6.61 Å². The maximum atomic E-state index is 12.2. The lowest BCUT2D eigenvalue weighted by Crippen LogP contribution is -2.37. The molecule has 2 aromatic rings. The molecule has 0 unspecified atom stereocenters. The van der Waals surface area contributed by atoms with Crippen LogP contribution in [0.25, 0.3) is 11.1 Å². The number of rotatable bonds is 7. The summed E-state index contributed by atoms with van der Waals surface area (Å²) in [6.45, 7) is 3.01. The van der Waals surface area contributed by atoms with E-state index in [1.54, 1.807) is 0 Å². The molecule has 0 aliphatic heterocycles. The molecule has 0 radical (unpaired) electrons. The predicted molar refractivity (Wildman–Crippen MR) is 101 cm³/mol. The number of hydrogen-bond donors (Lipinski definition) is 2. The first kappa shape index (κ1) is 17.5. The fourth-order valence-corrected chi connectivity index (χ4v) is 3.65. The van der Waals surface area contributed by atoms with Crippen LogP contribution < -0.4 is 11.1 Å². The van der Waals surface area contributed by atoms with Gasteiger partial charge in [0.15, 0.2) is 0 Å². The number of amides is 1. The molecule has 0 saturated carbocycles. The van der Waals surface area contributed by atoms with Crippen LogP contribution in [0.2, 0.25) is 0 Å². The number of hydrogen-bond acceptors (Lipinski definition) is 3. The highest BCUT2D eigenvalue weighted by molar-refractivity contribution is 5.79. The van der Waals surface area contributed by atoms with E-state index < -0.39 is 0 Å². The third-order valence-corrected chi connectivity index (χ3v) is 4.82. The van der Waals surface area contributed by atoms with Crippen LogP contribution in [0.4, 0.5) is 4.79 Å². The maximum Gasteiger partial charge on any atom is 0.407 e. The van der Waals surface area contributed by atoms with Gasteiger partial charge in [-0.2, -0.15) is 0 Å². The topological polar surface area (TPSA) is 64.3 Å². The molecule has 4 heteroatoms. The zero-order valence-corrected chi connectivity index (χ0v) is 14.7. The normalized spacial score (nSPS) is 13.8. The average Bonchev–Trinajstić information content (AvgIpc) is 2.94. The van der Waals surface area contributed by atoms with Gasteiger partial charge >= 0.3 is 6.09 Å². The quantitative estimate of drug-likeness (QED) is 0.801. The molecule has 132 valence electrons. The van der Waals surface area contributed by atoms with Crippen molar-refractivity contribution in [2.75, 3.05) is 13.2 Å². The second kappa shape index (κ2) is 8.17. The van der Waals surface area contributed by atoms with Crippen molar-refractivity contribution in [3.8, 4) is 11.1 Å². The Morgan fingerprint density at radius 2 is 1.68 bits per heavy atom. The molecule has 3 N–H and O–H groups in total. The maximum absolute atomic E-state index is 12.2. The summed E-state index contributed by atoms with van der Waals surface area (Å²) in [5.74, 6) is 0.0947. The molecular formula is C21H26N2O2. The summed E-state index contributed by atoms with van der Waals surface area (Å²) in [4.78, 5) is 12.2. The first-order chi connectivity index (χ1) is 12.2. The van der Waals surface area contributed by atoms with Gasteiger partial charge in [-0.25, -0.2) is 4.79 Å². The molecule has 3 rings (SSSR count). The molecule has 0 heterocycles. The van der Waals surface area contributed by atoms with Gasteiger partial charge in [-0.15, -0.1) is 0 Å². The number of carbonyl (C=O) groups excluding carboxylic acids is 1. The van der Waals surface area contributed by atoms with E-state index in [-0.39, 0.29) is 18.1 Å². The summed E-state index contributed by atoms with van der Waals surface area (Å²) in [5, 5.41) is 2.95. The van der Waals surface area contributed by atoms with Crippen LogP contribution >= 0.6 is 0 Å². The number of benzene rings is 2. The fourth-order valence-electron chi connectivity index (χ4n) is 3.65. The number of nitrogens with two attached hydrogens (primary N) is 1. The van der Waals surface area contributed by atoms with Crippen molar-refractivity contribution in [1.82, 2.24) is 5.32 Å². The molecule has 1 amide bonds. The van der Waals surface area contributed by atoms with Crippen LogP contribution in [0.1, 0.15) is 43.2 Å². The second-order valence-corrected chi connectivity index (χ2v) is 6.53. The molecule has 2 aromatic carbocycles. The van der Waals surface area contributed by atoms with Crippen LogP contribution in [0.15, 0.2) is 48.5 Å². The van der Waals surface area contributed by atoms with Crippen molar-refractivity contribution in [2.45, 2.75) is 38.1 Å². The van der Waals surface area contributed by atoms with Crippen LogP contribution in [0, 0.1) is 0 Å². The first-order valence-electron chi connectivity index (χ1n) is 9.06. The van der Waals surface area contributed by atoms with E-state index in [4.69, 9.17) is 10.5 Å². The molecule has 0 bridgehead atoms. The number of fused-ring (bicyclic) bond motifs is 3. The number of carbonyl (C=O) groups is 1. The summed E-state index contributed by atoms with van der Waals surface area (Å²) in [6, 6.07) is 16.8. The number of nitrogens with one attached hydrogen (secondary N) is 1. The Bertz CT molecular complexity index is 678.